The number of rotatable bonds is 6. The molecule has 0 bridgehead atoms. The number of hydrogen-bond acceptors (Lipinski definition) is 3. The largest absolute Gasteiger partial charge is 0.481 e. The summed E-state index contributed by atoms with van der Waals surface area (Å²) in [6, 6.07) is 12.3. The molecular weight excluding hydrogens is 250 g/mol. The first-order chi connectivity index (χ1) is 9.74. The Morgan fingerprint density at radius 1 is 1.05 bits per heavy atom. The monoisotopic (exact) mass is 271 g/mol. The van der Waals surface area contributed by atoms with Crippen molar-refractivity contribution in [3.05, 3.63) is 58.8 Å². The van der Waals surface area contributed by atoms with Gasteiger partial charge in [0, 0.05) is 11.3 Å². The molecule has 0 saturated heterocycles. The Hall–Kier alpha value is -1.87. The van der Waals surface area contributed by atoms with Gasteiger partial charge in [-0.05, 0) is 30.5 Å². The van der Waals surface area contributed by atoms with Crippen LogP contribution in [-0.4, -0.2) is 12.1 Å². The Bertz CT molecular complexity index is 552. The molecule has 0 aliphatic rings. The highest BCUT2D eigenvalue weighted by molar-refractivity contribution is 5.33. The van der Waals surface area contributed by atoms with E-state index in [9.17, 15) is 0 Å². The lowest BCUT2D eigenvalue weighted by molar-refractivity contribution is 0.105. The van der Waals surface area contributed by atoms with Gasteiger partial charge in [-0.25, -0.2) is 4.98 Å². The first-order valence-electron chi connectivity index (χ1n) is 6.89. The molecule has 1 heterocycles. The zero-order valence-corrected chi connectivity index (χ0v) is 12.3. The van der Waals surface area contributed by atoms with E-state index in [0.717, 1.165) is 17.7 Å². The van der Waals surface area contributed by atoms with Crippen LogP contribution in [0, 0.1) is 6.92 Å². The van der Waals surface area contributed by atoms with Gasteiger partial charge in [0.05, 0.1) is 20.3 Å². The van der Waals surface area contributed by atoms with E-state index in [1.165, 1.54) is 11.1 Å². The Morgan fingerprint density at radius 3 is 2.45 bits per heavy atom. The van der Waals surface area contributed by atoms with Crippen molar-refractivity contribution in [3.63, 3.8) is 0 Å². The van der Waals surface area contributed by atoms with E-state index in [0.29, 0.717) is 19.1 Å². The van der Waals surface area contributed by atoms with E-state index >= 15 is 0 Å². The lowest BCUT2D eigenvalue weighted by Gasteiger charge is -2.12. The molecular formula is C17H21NO2. The third-order valence-electron chi connectivity index (χ3n) is 3.30. The average Bonchev–Trinajstić information content (AvgIpc) is 2.49. The van der Waals surface area contributed by atoms with Crippen LogP contribution < -0.4 is 4.74 Å². The van der Waals surface area contributed by atoms with Crippen LogP contribution in [0.3, 0.4) is 0 Å². The number of aryl methyl sites for hydroxylation is 2. The van der Waals surface area contributed by atoms with Gasteiger partial charge in [0.1, 0.15) is 0 Å². The minimum Gasteiger partial charge on any atom is -0.481 e. The van der Waals surface area contributed by atoms with E-state index in [1.54, 1.807) is 7.11 Å². The van der Waals surface area contributed by atoms with Crippen molar-refractivity contribution in [2.45, 2.75) is 33.5 Å². The smallest absolute Gasteiger partial charge is 0.218 e. The number of pyridine rings is 1. The van der Waals surface area contributed by atoms with Gasteiger partial charge in [0.25, 0.3) is 0 Å². The van der Waals surface area contributed by atoms with E-state index in [1.807, 2.05) is 25.1 Å². The molecule has 0 amide bonds. The molecule has 0 N–H and O–H groups in total. The summed E-state index contributed by atoms with van der Waals surface area (Å²) in [7, 11) is 1.65. The number of hydrogen-bond donors (Lipinski definition) is 0. The summed E-state index contributed by atoms with van der Waals surface area (Å²) < 4.78 is 11.1. The average molecular weight is 271 g/mol. The maximum absolute atomic E-state index is 5.77. The fourth-order valence-electron chi connectivity index (χ4n) is 2.16. The Morgan fingerprint density at radius 2 is 1.80 bits per heavy atom. The van der Waals surface area contributed by atoms with Crippen molar-refractivity contribution < 1.29 is 9.47 Å². The third kappa shape index (κ3) is 3.58. The fourth-order valence-corrected chi connectivity index (χ4v) is 2.16. The highest BCUT2D eigenvalue weighted by Crippen LogP contribution is 2.21. The van der Waals surface area contributed by atoms with Gasteiger partial charge in [-0.3, -0.25) is 0 Å². The first-order valence-corrected chi connectivity index (χ1v) is 6.89. The van der Waals surface area contributed by atoms with Gasteiger partial charge in [-0.1, -0.05) is 37.3 Å². The summed E-state index contributed by atoms with van der Waals surface area (Å²) in [6.45, 7) is 5.25. The van der Waals surface area contributed by atoms with Crippen LogP contribution in [0.1, 0.15) is 29.3 Å². The van der Waals surface area contributed by atoms with Gasteiger partial charge in [0.15, 0.2) is 0 Å². The van der Waals surface area contributed by atoms with Crippen molar-refractivity contribution in [3.8, 4) is 5.88 Å². The summed E-state index contributed by atoms with van der Waals surface area (Å²) >= 11 is 0. The summed E-state index contributed by atoms with van der Waals surface area (Å²) in [5, 5.41) is 0. The van der Waals surface area contributed by atoms with Crippen molar-refractivity contribution >= 4 is 0 Å². The highest BCUT2D eigenvalue weighted by Gasteiger charge is 2.09. The maximum atomic E-state index is 5.77. The SMILES string of the molecule is CCc1cc(COCc2ccccc2)c(OC)nc1C. The van der Waals surface area contributed by atoms with Crippen LogP contribution in [0.2, 0.25) is 0 Å². The van der Waals surface area contributed by atoms with Gasteiger partial charge >= 0.3 is 0 Å². The molecule has 20 heavy (non-hydrogen) atoms. The Kier molecular flexibility index (Phi) is 5.13. The third-order valence-corrected chi connectivity index (χ3v) is 3.30. The van der Waals surface area contributed by atoms with E-state index in [2.05, 4.69) is 30.1 Å². The van der Waals surface area contributed by atoms with Crippen molar-refractivity contribution in [1.29, 1.82) is 0 Å². The second kappa shape index (κ2) is 7.06. The second-order valence-electron chi connectivity index (χ2n) is 4.73. The molecule has 0 spiro atoms. The van der Waals surface area contributed by atoms with Crippen molar-refractivity contribution in [2.75, 3.05) is 7.11 Å². The van der Waals surface area contributed by atoms with Crippen LogP contribution in [0.15, 0.2) is 36.4 Å². The molecule has 0 radical (unpaired) electrons. The summed E-state index contributed by atoms with van der Waals surface area (Å²) in [4.78, 5) is 4.49. The normalized spacial score (nSPS) is 10.6. The van der Waals surface area contributed by atoms with E-state index in [-0.39, 0.29) is 0 Å². The summed E-state index contributed by atoms with van der Waals surface area (Å²) in [6.07, 6.45) is 0.967. The zero-order valence-electron chi connectivity index (χ0n) is 12.3. The van der Waals surface area contributed by atoms with Crippen LogP contribution in [-0.2, 0) is 24.4 Å². The quantitative estimate of drug-likeness (QED) is 0.803. The van der Waals surface area contributed by atoms with Gasteiger partial charge < -0.3 is 9.47 Å². The maximum Gasteiger partial charge on any atom is 0.218 e. The molecule has 0 atom stereocenters. The number of benzene rings is 1. The molecule has 0 aliphatic carbocycles. The molecule has 3 heteroatoms. The number of nitrogens with zero attached hydrogens (tertiary/aromatic N) is 1. The fraction of sp³-hybridized carbons (Fsp3) is 0.353. The molecule has 1 aromatic heterocycles. The first kappa shape index (κ1) is 14.5. The minimum absolute atomic E-state index is 0.512. The molecule has 0 unspecified atom stereocenters. The van der Waals surface area contributed by atoms with Crippen LogP contribution >= 0.6 is 0 Å². The summed E-state index contributed by atoms with van der Waals surface area (Å²) in [5.41, 5.74) is 4.44. The van der Waals surface area contributed by atoms with Crippen LogP contribution in [0.25, 0.3) is 0 Å². The lowest BCUT2D eigenvalue weighted by Crippen LogP contribution is -2.03. The van der Waals surface area contributed by atoms with Gasteiger partial charge in [0.2, 0.25) is 5.88 Å². The Labute approximate surface area is 120 Å². The minimum atomic E-state index is 0.512. The second-order valence-corrected chi connectivity index (χ2v) is 4.73. The molecule has 1 aromatic carbocycles. The van der Waals surface area contributed by atoms with E-state index < -0.39 is 0 Å². The summed E-state index contributed by atoms with van der Waals surface area (Å²) in [5.74, 6) is 0.660. The number of methoxy groups -OCH3 is 1. The van der Waals surface area contributed by atoms with Crippen LogP contribution in [0.5, 0.6) is 5.88 Å². The standard InChI is InChI=1S/C17H21NO2/c1-4-15-10-16(17(19-3)18-13(15)2)12-20-11-14-8-6-5-7-9-14/h5-10H,4,11-12H2,1-3H3. The Balaban J connectivity index is 2.05. The predicted octanol–water partition coefficient (Wildman–Crippen LogP) is 3.68. The lowest BCUT2D eigenvalue weighted by atomic mass is 10.1. The topological polar surface area (TPSA) is 31.4 Å². The number of ether oxygens (including phenoxy) is 2. The number of aromatic nitrogens is 1. The molecule has 3 nitrogen and oxygen atoms in total. The van der Waals surface area contributed by atoms with Gasteiger partial charge in [-0.15, -0.1) is 0 Å². The van der Waals surface area contributed by atoms with Crippen LogP contribution in [0.4, 0.5) is 0 Å². The predicted molar refractivity (Wildman–Crippen MR) is 79.8 cm³/mol. The van der Waals surface area contributed by atoms with Gasteiger partial charge in [-0.2, -0.15) is 0 Å². The van der Waals surface area contributed by atoms with Crippen molar-refractivity contribution in [2.24, 2.45) is 0 Å². The molecule has 0 aliphatic heterocycles. The molecule has 2 aromatic rings. The highest BCUT2D eigenvalue weighted by atomic mass is 16.5. The van der Waals surface area contributed by atoms with Crippen molar-refractivity contribution in [1.82, 2.24) is 4.98 Å². The van der Waals surface area contributed by atoms with E-state index in [4.69, 9.17) is 9.47 Å². The molecule has 0 saturated carbocycles. The molecule has 2 rings (SSSR count). The zero-order chi connectivity index (χ0) is 14.4. The molecule has 106 valence electrons. The molecule has 0 fully saturated rings.